The summed E-state index contributed by atoms with van der Waals surface area (Å²) in [5.74, 6) is 1.44. The zero-order valence-corrected chi connectivity index (χ0v) is 12.2. The fourth-order valence-corrected chi connectivity index (χ4v) is 5.04. The predicted octanol–water partition coefficient (Wildman–Crippen LogP) is 3.34. The molecular weight excluding hydrogens is 278 g/mol. The molecule has 2 aliphatic heterocycles. The lowest BCUT2D eigenvalue weighted by Crippen LogP contribution is -2.49. The van der Waals surface area contributed by atoms with Crippen LogP contribution >= 0.6 is 15.9 Å². The molecule has 3 aliphatic rings. The Bertz CT molecular complexity index is 305. The second kappa shape index (κ2) is 4.56. The van der Waals surface area contributed by atoms with E-state index in [1.165, 1.54) is 38.5 Å². The SMILES string of the molecule is CC1CCCC1C(=O)N1C2CCC1CC(Br)C2. The van der Waals surface area contributed by atoms with Gasteiger partial charge in [-0.2, -0.15) is 0 Å². The van der Waals surface area contributed by atoms with Crippen molar-refractivity contribution in [3.8, 4) is 0 Å². The fraction of sp³-hybridized carbons (Fsp3) is 0.929. The highest BCUT2D eigenvalue weighted by atomic mass is 79.9. The van der Waals surface area contributed by atoms with Crippen LogP contribution in [0.3, 0.4) is 0 Å². The van der Waals surface area contributed by atoms with Crippen molar-refractivity contribution in [1.82, 2.24) is 4.90 Å². The lowest BCUT2D eigenvalue weighted by molar-refractivity contribution is -0.140. The third-order valence-corrected chi connectivity index (χ3v) is 5.86. The van der Waals surface area contributed by atoms with Crippen molar-refractivity contribution in [3.63, 3.8) is 0 Å². The molecule has 0 N–H and O–H groups in total. The minimum absolute atomic E-state index is 0.338. The van der Waals surface area contributed by atoms with Crippen molar-refractivity contribution < 1.29 is 4.79 Å². The summed E-state index contributed by atoms with van der Waals surface area (Å²) >= 11 is 3.74. The lowest BCUT2D eigenvalue weighted by atomic mass is 9.93. The first kappa shape index (κ1) is 12.0. The average Bonchev–Trinajstić information content (AvgIpc) is 2.81. The third kappa shape index (κ3) is 2.05. The highest BCUT2D eigenvalue weighted by molar-refractivity contribution is 9.09. The number of carbonyl (C=O) groups excluding carboxylic acids is 1. The smallest absolute Gasteiger partial charge is 0.226 e. The Hall–Kier alpha value is -0.0500. The maximum absolute atomic E-state index is 12.7. The standard InChI is InChI=1S/C14H22BrNO/c1-9-3-2-4-13(9)14(17)16-11-5-6-12(16)8-10(15)7-11/h9-13H,2-8H2,1H3. The molecule has 0 aromatic carbocycles. The van der Waals surface area contributed by atoms with E-state index in [2.05, 4.69) is 27.8 Å². The Morgan fingerprint density at radius 2 is 1.76 bits per heavy atom. The molecule has 2 nitrogen and oxygen atoms in total. The van der Waals surface area contributed by atoms with Crippen molar-refractivity contribution in [2.24, 2.45) is 11.8 Å². The molecular formula is C14H22BrNO. The van der Waals surface area contributed by atoms with Gasteiger partial charge in [0.1, 0.15) is 0 Å². The molecule has 0 spiro atoms. The summed E-state index contributed by atoms with van der Waals surface area (Å²) in [5, 5.41) is 0. The van der Waals surface area contributed by atoms with Gasteiger partial charge in [-0.25, -0.2) is 0 Å². The first-order valence-corrected chi connectivity index (χ1v) is 8.04. The first-order chi connectivity index (χ1) is 8.16. The summed E-state index contributed by atoms with van der Waals surface area (Å²) in [6.45, 7) is 2.26. The number of amides is 1. The van der Waals surface area contributed by atoms with Crippen LogP contribution in [0.25, 0.3) is 0 Å². The molecule has 4 atom stereocenters. The third-order valence-electron chi connectivity index (χ3n) is 5.11. The topological polar surface area (TPSA) is 20.3 Å². The Morgan fingerprint density at radius 1 is 1.12 bits per heavy atom. The van der Waals surface area contributed by atoms with E-state index in [0.717, 1.165) is 6.42 Å². The van der Waals surface area contributed by atoms with Crippen LogP contribution < -0.4 is 0 Å². The molecule has 3 rings (SSSR count). The van der Waals surface area contributed by atoms with E-state index in [-0.39, 0.29) is 0 Å². The fourth-order valence-electron chi connectivity index (χ4n) is 4.17. The number of carbonyl (C=O) groups is 1. The molecule has 17 heavy (non-hydrogen) atoms. The van der Waals surface area contributed by atoms with E-state index in [1.54, 1.807) is 0 Å². The summed E-state index contributed by atoms with van der Waals surface area (Å²) in [7, 11) is 0. The zero-order valence-electron chi connectivity index (χ0n) is 10.6. The van der Waals surface area contributed by atoms with E-state index in [4.69, 9.17) is 0 Å². The molecule has 3 heteroatoms. The Labute approximate surface area is 112 Å². The van der Waals surface area contributed by atoms with Crippen LogP contribution in [0.15, 0.2) is 0 Å². The highest BCUT2D eigenvalue weighted by Crippen LogP contribution is 2.42. The summed E-state index contributed by atoms with van der Waals surface area (Å²) in [5.41, 5.74) is 0. The van der Waals surface area contributed by atoms with Crippen LogP contribution in [0.1, 0.15) is 51.9 Å². The summed E-state index contributed by atoms with van der Waals surface area (Å²) < 4.78 is 0. The maximum atomic E-state index is 12.7. The van der Waals surface area contributed by atoms with Gasteiger partial charge in [0.25, 0.3) is 0 Å². The molecule has 1 saturated carbocycles. The zero-order chi connectivity index (χ0) is 12.0. The van der Waals surface area contributed by atoms with Gasteiger partial charge in [-0.1, -0.05) is 29.3 Å². The summed E-state index contributed by atoms with van der Waals surface area (Å²) in [6, 6.07) is 1.08. The monoisotopic (exact) mass is 299 g/mol. The second-order valence-electron chi connectivity index (χ2n) is 6.21. The van der Waals surface area contributed by atoms with Crippen LogP contribution in [0.2, 0.25) is 0 Å². The largest absolute Gasteiger partial charge is 0.336 e. The van der Waals surface area contributed by atoms with Crippen molar-refractivity contribution in [2.75, 3.05) is 0 Å². The molecule has 1 amide bonds. The van der Waals surface area contributed by atoms with Crippen LogP contribution in [0.5, 0.6) is 0 Å². The maximum Gasteiger partial charge on any atom is 0.226 e. The number of piperidine rings is 1. The number of alkyl halides is 1. The molecule has 1 aliphatic carbocycles. The Morgan fingerprint density at radius 3 is 2.29 bits per heavy atom. The Kier molecular flexibility index (Phi) is 3.22. The minimum Gasteiger partial charge on any atom is -0.336 e. The Balaban J connectivity index is 1.74. The van der Waals surface area contributed by atoms with E-state index in [9.17, 15) is 4.79 Å². The normalized spacial score (nSPS) is 45.3. The highest BCUT2D eigenvalue weighted by Gasteiger charge is 2.45. The molecule has 4 unspecified atom stereocenters. The molecule has 2 saturated heterocycles. The van der Waals surface area contributed by atoms with Gasteiger partial charge in [-0.05, 0) is 44.4 Å². The summed E-state index contributed by atoms with van der Waals surface area (Å²) in [6.07, 6.45) is 8.45. The van der Waals surface area contributed by atoms with Crippen molar-refractivity contribution in [2.45, 2.75) is 68.8 Å². The second-order valence-corrected chi connectivity index (χ2v) is 7.51. The minimum atomic E-state index is 0.338. The number of rotatable bonds is 1. The molecule has 0 radical (unpaired) electrons. The van der Waals surface area contributed by atoms with E-state index in [0.29, 0.717) is 34.7 Å². The van der Waals surface area contributed by atoms with Crippen LogP contribution in [-0.4, -0.2) is 27.7 Å². The van der Waals surface area contributed by atoms with Gasteiger partial charge in [0, 0.05) is 22.8 Å². The van der Waals surface area contributed by atoms with Crippen LogP contribution in [0, 0.1) is 11.8 Å². The van der Waals surface area contributed by atoms with Gasteiger partial charge >= 0.3 is 0 Å². The number of halogens is 1. The molecule has 96 valence electrons. The molecule has 2 heterocycles. The molecule has 2 bridgehead atoms. The van der Waals surface area contributed by atoms with E-state index in [1.807, 2.05) is 0 Å². The average molecular weight is 300 g/mol. The van der Waals surface area contributed by atoms with Crippen molar-refractivity contribution in [1.29, 1.82) is 0 Å². The summed E-state index contributed by atoms with van der Waals surface area (Å²) in [4.78, 5) is 15.6. The first-order valence-electron chi connectivity index (χ1n) is 7.13. The van der Waals surface area contributed by atoms with Crippen molar-refractivity contribution >= 4 is 21.8 Å². The molecule has 3 fully saturated rings. The van der Waals surface area contributed by atoms with Crippen LogP contribution in [0.4, 0.5) is 0 Å². The van der Waals surface area contributed by atoms with Gasteiger partial charge in [0.05, 0.1) is 0 Å². The lowest BCUT2D eigenvalue weighted by Gasteiger charge is -2.39. The molecule has 0 aromatic rings. The number of fused-ring (bicyclic) bond motifs is 2. The van der Waals surface area contributed by atoms with Gasteiger partial charge in [-0.15, -0.1) is 0 Å². The number of nitrogens with zero attached hydrogens (tertiary/aromatic N) is 1. The van der Waals surface area contributed by atoms with Gasteiger partial charge < -0.3 is 4.90 Å². The van der Waals surface area contributed by atoms with E-state index < -0.39 is 0 Å². The molecule has 0 aromatic heterocycles. The van der Waals surface area contributed by atoms with E-state index >= 15 is 0 Å². The predicted molar refractivity (Wildman–Crippen MR) is 72.1 cm³/mol. The number of hydrogen-bond donors (Lipinski definition) is 0. The quantitative estimate of drug-likeness (QED) is 0.680. The van der Waals surface area contributed by atoms with Crippen molar-refractivity contribution in [3.05, 3.63) is 0 Å². The van der Waals surface area contributed by atoms with Gasteiger partial charge in [0.15, 0.2) is 0 Å². The van der Waals surface area contributed by atoms with Gasteiger partial charge in [-0.3, -0.25) is 4.79 Å². The van der Waals surface area contributed by atoms with Crippen LogP contribution in [-0.2, 0) is 4.79 Å². The number of hydrogen-bond acceptors (Lipinski definition) is 1. The van der Waals surface area contributed by atoms with Gasteiger partial charge in [0.2, 0.25) is 5.91 Å².